The molecule has 1 heterocycles. The third-order valence-electron chi connectivity index (χ3n) is 1.94. The van der Waals surface area contributed by atoms with Crippen molar-refractivity contribution < 1.29 is 14.2 Å². The highest BCUT2D eigenvalue weighted by molar-refractivity contribution is 14.1. The fraction of sp³-hybridized carbons (Fsp3) is 0.700. The maximum absolute atomic E-state index is 5.42. The lowest BCUT2D eigenvalue weighted by Crippen LogP contribution is -2.12. The summed E-state index contributed by atoms with van der Waals surface area (Å²) >= 11 is 5.59. The van der Waals surface area contributed by atoms with E-state index in [-0.39, 0.29) is 0 Å². The van der Waals surface area contributed by atoms with Gasteiger partial charge in [-0.2, -0.15) is 5.10 Å². The lowest BCUT2D eigenvalue weighted by atomic mass is 10.6. The average Bonchev–Trinajstić information content (AvgIpc) is 2.62. The van der Waals surface area contributed by atoms with Crippen molar-refractivity contribution in [1.29, 1.82) is 0 Å². The van der Waals surface area contributed by atoms with Gasteiger partial charge in [-0.15, -0.1) is 0 Å². The summed E-state index contributed by atoms with van der Waals surface area (Å²) in [5.41, 5.74) is 0. The van der Waals surface area contributed by atoms with Crippen molar-refractivity contribution in [1.82, 2.24) is 9.78 Å². The minimum atomic E-state index is 0.600. The van der Waals surface area contributed by atoms with Crippen LogP contribution in [0.1, 0.15) is 0 Å². The molecule has 0 unspecified atom stereocenters. The van der Waals surface area contributed by atoms with E-state index in [9.17, 15) is 0 Å². The van der Waals surface area contributed by atoms with Crippen LogP contribution in [0.4, 0.5) is 0 Å². The lowest BCUT2D eigenvalue weighted by molar-refractivity contribution is 0.0225. The van der Waals surface area contributed by atoms with Crippen LogP contribution in [0.3, 0.4) is 0 Å². The molecular weight excluding hydrogens is 403 g/mol. The molecule has 0 aliphatic heterocycles. The molecule has 0 aromatic carbocycles. The Morgan fingerprint density at radius 3 is 2.47 bits per heavy atom. The van der Waals surface area contributed by atoms with Crippen LogP contribution in [-0.4, -0.2) is 49.9 Å². The smallest absolute Gasteiger partial charge is 0.137 e. The van der Waals surface area contributed by atoms with E-state index in [4.69, 9.17) is 14.2 Å². The van der Waals surface area contributed by atoms with E-state index in [2.05, 4.69) is 43.6 Å². The van der Waals surface area contributed by atoms with Gasteiger partial charge in [0.2, 0.25) is 0 Å². The summed E-state index contributed by atoms with van der Waals surface area (Å²) < 4.78 is 19.4. The zero-order valence-corrected chi connectivity index (χ0v) is 13.4. The molecule has 0 aliphatic carbocycles. The minimum Gasteiger partial charge on any atom is -0.382 e. The van der Waals surface area contributed by atoms with Gasteiger partial charge in [-0.05, 0) is 38.5 Å². The summed E-state index contributed by atoms with van der Waals surface area (Å²) in [6.45, 7) is 3.83. The SMILES string of the molecule is COCCOCCOCCn1cc(Br)c(I)n1. The first-order valence-corrected chi connectivity index (χ1v) is 7.14. The second kappa shape index (κ2) is 9.26. The van der Waals surface area contributed by atoms with Crippen molar-refractivity contribution in [3.05, 3.63) is 14.4 Å². The van der Waals surface area contributed by atoms with Crippen LogP contribution in [0.5, 0.6) is 0 Å². The molecule has 1 rings (SSSR count). The van der Waals surface area contributed by atoms with Gasteiger partial charge >= 0.3 is 0 Å². The van der Waals surface area contributed by atoms with Crippen LogP contribution in [-0.2, 0) is 20.8 Å². The minimum absolute atomic E-state index is 0.600. The molecule has 17 heavy (non-hydrogen) atoms. The van der Waals surface area contributed by atoms with Gasteiger partial charge in [-0.1, -0.05) is 0 Å². The molecule has 0 N–H and O–H groups in total. The Morgan fingerprint density at radius 1 is 1.24 bits per heavy atom. The van der Waals surface area contributed by atoms with Crippen molar-refractivity contribution >= 4 is 38.5 Å². The van der Waals surface area contributed by atoms with Gasteiger partial charge in [0.25, 0.3) is 0 Å². The van der Waals surface area contributed by atoms with Gasteiger partial charge in [0.15, 0.2) is 0 Å². The zero-order valence-electron chi connectivity index (χ0n) is 9.70. The second-order valence-corrected chi connectivity index (χ2v) is 5.12. The van der Waals surface area contributed by atoms with Gasteiger partial charge in [0.1, 0.15) is 3.70 Å². The molecule has 1 aromatic rings. The Balaban J connectivity index is 1.97. The third-order valence-corrected chi connectivity index (χ3v) is 4.06. The summed E-state index contributed by atoms with van der Waals surface area (Å²) in [7, 11) is 1.66. The van der Waals surface area contributed by atoms with Gasteiger partial charge in [-0.25, -0.2) is 0 Å². The number of rotatable bonds is 9. The number of nitrogens with zero attached hydrogens (tertiary/aromatic N) is 2. The van der Waals surface area contributed by atoms with Gasteiger partial charge in [-0.3, -0.25) is 4.68 Å². The largest absolute Gasteiger partial charge is 0.382 e. The normalized spacial score (nSPS) is 11.0. The van der Waals surface area contributed by atoms with Crippen molar-refractivity contribution in [2.75, 3.05) is 40.1 Å². The Kier molecular flexibility index (Phi) is 8.36. The van der Waals surface area contributed by atoms with Crippen molar-refractivity contribution in [3.8, 4) is 0 Å². The first-order chi connectivity index (χ1) is 8.24. The monoisotopic (exact) mass is 418 g/mol. The van der Waals surface area contributed by atoms with Crippen LogP contribution in [0.2, 0.25) is 0 Å². The maximum atomic E-state index is 5.42. The molecule has 0 spiro atoms. The topological polar surface area (TPSA) is 45.5 Å². The molecule has 0 bridgehead atoms. The predicted molar refractivity (Wildman–Crippen MR) is 76.2 cm³/mol. The molecule has 0 saturated carbocycles. The van der Waals surface area contributed by atoms with E-state index in [1.54, 1.807) is 7.11 Å². The van der Waals surface area contributed by atoms with Crippen molar-refractivity contribution in [3.63, 3.8) is 0 Å². The quantitative estimate of drug-likeness (QED) is 0.454. The average molecular weight is 419 g/mol. The van der Waals surface area contributed by atoms with Crippen molar-refractivity contribution in [2.45, 2.75) is 6.54 Å². The number of ether oxygens (including phenoxy) is 3. The van der Waals surface area contributed by atoms with E-state index in [1.165, 1.54) is 0 Å². The Labute approximate surface area is 123 Å². The van der Waals surface area contributed by atoms with Crippen molar-refractivity contribution in [2.24, 2.45) is 0 Å². The van der Waals surface area contributed by atoms with Crippen LogP contribution >= 0.6 is 38.5 Å². The summed E-state index contributed by atoms with van der Waals surface area (Å²) in [4.78, 5) is 0. The van der Waals surface area contributed by atoms with Crippen LogP contribution < -0.4 is 0 Å². The molecule has 1 aromatic heterocycles. The van der Waals surface area contributed by atoms with E-state index >= 15 is 0 Å². The molecule has 0 aliphatic rings. The fourth-order valence-electron chi connectivity index (χ4n) is 1.11. The summed E-state index contributed by atoms with van der Waals surface area (Å²) in [6.07, 6.45) is 1.94. The highest BCUT2D eigenvalue weighted by Crippen LogP contribution is 2.16. The Morgan fingerprint density at radius 2 is 1.88 bits per heavy atom. The van der Waals surface area contributed by atoms with Crippen LogP contribution in [0.25, 0.3) is 0 Å². The summed E-state index contributed by atoms with van der Waals surface area (Å²) in [5.74, 6) is 0. The van der Waals surface area contributed by atoms with Crippen LogP contribution in [0.15, 0.2) is 10.7 Å². The fourth-order valence-corrected chi connectivity index (χ4v) is 1.84. The third kappa shape index (κ3) is 6.70. The molecule has 0 atom stereocenters. The van der Waals surface area contributed by atoms with Crippen LogP contribution in [0, 0.1) is 3.70 Å². The van der Waals surface area contributed by atoms with E-state index in [0.29, 0.717) is 33.0 Å². The zero-order chi connectivity index (χ0) is 12.5. The first-order valence-electron chi connectivity index (χ1n) is 5.27. The number of halogens is 2. The Hall–Kier alpha value is 0.300. The number of hydrogen-bond donors (Lipinski definition) is 0. The number of aromatic nitrogens is 2. The highest BCUT2D eigenvalue weighted by Gasteiger charge is 2.01. The standard InChI is InChI=1S/C10H16BrIN2O3/c1-15-4-5-17-7-6-16-3-2-14-8-9(11)10(12)13-14/h8H,2-7H2,1H3. The van der Waals surface area contributed by atoms with Gasteiger partial charge in [0.05, 0.1) is 44.1 Å². The molecule has 98 valence electrons. The molecule has 5 nitrogen and oxygen atoms in total. The molecule has 0 amide bonds. The molecule has 7 heteroatoms. The summed E-state index contributed by atoms with van der Waals surface area (Å²) in [6, 6.07) is 0. The molecule has 0 saturated heterocycles. The number of hydrogen-bond acceptors (Lipinski definition) is 4. The Bertz CT molecular complexity index is 303. The van der Waals surface area contributed by atoms with E-state index < -0.39 is 0 Å². The lowest BCUT2D eigenvalue weighted by Gasteiger charge is -2.05. The van der Waals surface area contributed by atoms with Gasteiger partial charge < -0.3 is 14.2 Å². The predicted octanol–water partition coefficient (Wildman–Crippen LogP) is 1.93. The molecule has 0 fully saturated rings. The van der Waals surface area contributed by atoms with E-state index in [0.717, 1.165) is 14.7 Å². The molecular formula is C10H16BrIN2O3. The first kappa shape index (κ1) is 15.4. The van der Waals surface area contributed by atoms with E-state index in [1.807, 2.05) is 10.9 Å². The van der Waals surface area contributed by atoms with Gasteiger partial charge in [0, 0.05) is 13.3 Å². The molecule has 0 radical (unpaired) electrons. The maximum Gasteiger partial charge on any atom is 0.137 e. The number of methoxy groups -OCH3 is 1. The second-order valence-electron chi connectivity index (χ2n) is 3.25. The highest BCUT2D eigenvalue weighted by atomic mass is 127. The summed E-state index contributed by atoms with van der Waals surface area (Å²) in [5, 5.41) is 4.30.